The molecule has 6 rings (SSSR count). The molecule has 0 fully saturated rings. The molecule has 250 valence electrons. The van der Waals surface area contributed by atoms with Crippen LogP contribution in [0.5, 0.6) is 0 Å². The van der Waals surface area contributed by atoms with E-state index >= 15 is 0 Å². The minimum Gasteiger partial charge on any atom is -0.396 e. The van der Waals surface area contributed by atoms with Gasteiger partial charge in [0.1, 0.15) is 0 Å². The lowest BCUT2D eigenvalue weighted by atomic mass is 10.2. The van der Waals surface area contributed by atoms with Crippen LogP contribution in [0.15, 0.2) is 91.4 Å². The molecule has 0 saturated heterocycles. The van der Waals surface area contributed by atoms with Gasteiger partial charge in [0.25, 0.3) is 0 Å². The van der Waals surface area contributed by atoms with Crippen LogP contribution >= 0.6 is 55.1 Å². The van der Waals surface area contributed by atoms with Crippen LogP contribution in [-0.4, -0.2) is 69.2 Å². The Hall–Kier alpha value is -2.47. The Morgan fingerprint density at radius 1 is 0.652 bits per heavy atom. The summed E-state index contributed by atoms with van der Waals surface area (Å²) < 4.78 is 4.01. The Morgan fingerprint density at radius 3 is 1.52 bits per heavy atom. The predicted molar refractivity (Wildman–Crippen MR) is 201 cm³/mol. The Kier molecular flexibility index (Phi) is 19.8. The highest BCUT2D eigenvalue weighted by atomic mass is 79.9. The number of H-pyrrole nitrogens is 1. The summed E-state index contributed by atoms with van der Waals surface area (Å²) in [6.07, 6.45) is 5.60. The number of nitrogens with zero attached hydrogens (tertiary/aromatic N) is 5. The first-order valence-electron chi connectivity index (χ1n) is 15.0. The zero-order valence-corrected chi connectivity index (χ0v) is 31.2. The van der Waals surface area contributed by atoms with Gasteiger partial charge < -0.3 is 10.2 Å². The lowest BCUT2D eigenvalue weighted by molar-refractivity contribution is 0.220. The quantitative estimate of drug-likeness (QED) is 0.134. The molecule has 3 aromatic heterocycles. The first-order chi connectivity index (χ1) is 22.3. The second-order valence-electron chi connectivity index (χ2n) is 10.8. The number of halogens is 4. The van der Waals surface area contributed by atoms with E-state index in [1.54, 1.807) is 0 Å². The van der Waals surface area contributed by atoms with Crippen LogP contribution in [0.25, 0.3) is 32.7 Å². The van der Waals surface area contributed by atoms with Crippen LogP contribution in [0, 0.1) is 17.8 Å². The summed E-state index contributed by atoms with van der Waals surface area (Å²) in [5.41, 5.74) is 3.45. The molecule has 8 nitrogen and oxygen atoms in total. The third kappa shape index (κ3) is 13.7. The highest BCUT2D eigenvalue weighted by Gasteiger charge is 2.06. The van der Waals surface area contributed by atoms with Gasteiger partial charge in [-0.1, -0.05) is 107 Å². The van der Waals surface area contributed by atoms with E-state index in [0.717, 1.165) is 45.6 Å². The maximum atomic E-state index is 8.96. The standard InChI is InChI=1S/C11H13BrN2.C11H14N2O.C7H6N2.C4H9BrO.CH2Cl2/c1-9(6-12)8-14-11-5-3-2-4-10(11)7-13-14;1-9(8-14)7-13-11-5-3-2-4-10(11)6-12-13;1-2-4-7-6(3-1)5-8-9-7;1-4(2-5)3-6;2-1-3/h2-5,7,9H,6,8H2,1H3;2-6,9,14H,7-8H2,1H3;1-5H,(H,8,9);4,6H,2-3H2,1H3;1H2/t2*9-;;4-;/m10.0./s1. The Balaban J connectivity index is 0.000000216. The lowest BCUT2D eigenvalue weighted by Crippen LogP contribution is -2.11. The molecular formula is C34H44Br2Cl2N6O2. The molecule has 12 heteroatoms. The summed E-state index contributed by atoms with van der Waals surface area (Å²) in [6.45, 7) is 8.43. The molecule has 3 atom stereocenters. The zero-order chi connectivity index (χ0) is 33.7. The minimum absolute atomic E-state index is 0.194. The SMILES string of the molecule is C[C@H](CBr)Cn1ncc2ccccc21.C[C@H](CO)CBr.C[C@H](CO)Cn1ncc2ccccc21.ClCCl.c1ccc2[nH]ncc2c1. The summed E-state index contributed by atoms with van der Waals surface area (Å²) in [5, 5.41) is 38.3. The summed E-state index contributed by atoms with van der Waals surface area (Å²) in [7, 11) is 0. The van der Waals surface area contributed by atoms with Gasteiger partial charge in [0.15, 0.2) is 0 Å². The van der Waals surface area contributed by atoms with Crippen LogP contribution in [0.1, 0.15) is 20.8 Å². The van der Waals surface area contributed by atoms with Gasteiger partial charge in [-0.3, -0.25) is 14.5 Å². The molecule has 0 aliphatic heterocycles. The third-order valence-electron chi connectivity index (χ3n) is 6.57. The molecule has 0 saturated carbocycles. The summed E-state index contributed by atoms with van der Waals surface area (Å²) in [4.78, 5) is 0. The molecule has 0 bridgehead atoms. The van der Waals surface area contributed by atoms with E-state index in [9.17, 15) is 0 Å². The van der Waals surface area contributed by atoms with Gasteiger partial charge in [0, 0.05) is 53.1 Å². The molecule has 3 N–H and O–H groups in total. The fourth-order valence-corrected chi connectivity index (χ4v) is 4.38. The average Bonchev–Trinajstić information content (AvgIpc) is 3.85. The Bertz CT molecular complexity index is 1530. The molecule has 3 heterocycles. The maximum absolute atomic E-state index is 8.96. The van der Waals surface area contributed by atoms with Crippen LogP contribution in [0.3, 0.4) is 0 Å². The summed E-state index contributed by atoms with van der Waals surface area (Å²) in [5.74, 6) is 1.27. The van der Waals surface area contributed by atoms with Crippen molar-refractivity contribution in [1.82, 2.24) is 29.8 Å². The number of aliphatic hydroxyl groups excluding tert-OH is 2. The minimum atomic E-state index is 0.194. The van der Waals surface area contributed by atoms with Crippen molar-refractivity contribution in [3.05, 3.63) is 91.4 Å². The van der Waals surface area contributed by atoms with Crippen molar-refractivity contribution in [2.45, 2.75) is 33.9 Å². The molecule has 0 amide bonds. The predicted octanol–water partition coefficient (Wildman–Crippen LogP) is 8.73. The summed E-state index contributed by atoms with van der Waals surface area (Å²) in [6, 6.07) is 24.4. The summed E-state index contributed by atoms with van der Waals surface area (Å²) >= 11 is 16.2. The number of benzene rings is 3. The number of hydrogen-bond donors (Lipinski definition) is 3. The zero-order valence-electron chi connectivity index (χ0n) is 26.5. The van der Waals surface area contributed by atoms with Crippen molar-refractivity contribution in [2.75, 3.05) is 29.2 Å². The van der Waals surface area contributed by atoms with Gasteiger partial charge >= 0.3 is 0 Å². The van der Waals surface area contributed by atoms with E-state index in [4.69, 9.17) is 33.4 Å². The number of aliphatic hydroxyl groups is 2. The number of alkyl halides is 4. The van der Waals surface area contributed by atoms with Crippen molar-refractivity contribution < 1.29 is 10.2 Å². The van der Waals surface area contributed by atoms with Crippen LogP contribution in [-0.2, 0) is 13.1 Å². The maximum Gasteiger partial charge on any atom is 0.0967 e. The smallest absolute Gasteiger partial charge is 0.0967 e. The van der Waals surface area contributed by atoms with Gasteiger partial charge in [-0.05, 0) is 36.0 Å². The largest absolute Gasteiger partial charge is 0.396 e. The highest BCUT2D eigenvalue weighted by molar-refractivity contribution is 9.09. The third-order valence-corrected chi connectivity index (χ3v) is 8.78. The fraction of sp³-hybridized carbons (Fsp3) is 0.382. The average molecular weight is 799 g/mol. The topological polar surface area (TPSA) is 105 Å². The normalized spacial score (nSPS) is 12.4. The molecule has 46 heavy (non-hydrogen) atoms. The van der Waals surface area contributed by atoms with Crippen molar-refractivity contribution in [3.63, 3.8) is 0 Å². The van der Waals surface area contributed by atoms with Crippen molar-refractivity contribution in [2.24, 2.45) is 17.8 Å². The first kappa shape index (κ1) is 39.7. The lowest BCUT2D eigenvalue weighted by Gasteiger charge is -2.08. The van der Waals surface area contributed by atoms with E-state index in [1.165, 1.54) is 10.9 Å². The second kappa shape index (κ2) is 23.0. The van der Waals surface area contributed by atoms with Crippen molar-refractivity contribution in [3.8, 4) is 0 Å². The second-order valence-corrected chi connectivity index (χ2v) is 12.9. The Labute approximate surface area is 298 Å². The Morgan fingerprint density at radius 2 is 1.09 bits per heavy atom. The van der Waals surface area contributed by atoms with Crippen molar-refractivity contribution in [1.29, 1.82) is 0 Å². The van der Waals surface area contributed by atoms with E-state index in [2.05, 4.69) is 82.1 Å². The number of aromatic nitrogens is 6. The van der Waals surface area contributed by atoms with Crippen LogP contribution < -0.4 is 0 Å². The van der Waals surface area contributed by atoms with E-state index in [0.29, 0.717) is 11.8 Å². The van der Waals surface area contributed by atoms with Gasteiger partial charge in [-0.25, -0.2) is 0 Å². The molecular weight excluding hydrogens is 755 g/mol. The number of fused-ring (bicyclic) bond motifs is 3. The van der Waals surface area contributed by atoms with E-state index in [1.807, 2.05) is 91.7 Å². The van der Waals surface area contributed by atoms with Crippen LogP contribution in [0.4, 0.5) is 0 Å². The molecule has 0 unspecified atom stereocenters. The van der Waals surface area contributed by atoms with E-state index < -0.39 is 0 Å². The number of aromatic amines is 1. The van der Waals surface area contributed by atoms with Gasteiger partial charge in [0.05, 0.1) is 40.5 Å². The van der Waals surface area contributed by atoms with Crippen LogP contribution in [0.2, 0.25) is 0 Å². The monoisotopic (exact) mass is 796 g/mol. The number of para-hydroxylation sites is 3. The molecule has 0 aliphatic carbocycles. The number of rotatable bonds is 8. The molecule has 0 radical (unpaired) electrons. The molecule has 0 spiro atoms. The highest BCUT2D eigenvalue weighted by Crippen LogP contribution is 2.15. The fourth-order valence-electron chi connectivity index (χ4n) is 3.97. The van der Waals surface area contributed by atoms with Crippen molar-refractivity contribution >= 4 is 87.8 Å². The van der Waals surface area contributed by atoms with Gasteiger partial charge in [-0.2, -0.15) is 15.3 Å². The first-order valence-corrected chi connectivity index (χ1v) is 18.3. The van der Waals surface area contributed by atoms with E-state index in [-0.39, 0.29) is 24.5 Å². The van der Waals surface area contributed by atoms with Gasteiger partial charge in [0.2, 0.25) is 0 Å². The molecule has 6 aromatic rings. The number of nitrogens with one attached hydrogen (secondary N) is 1. The van der Waals surface area contributed by atoms with Gasteiger partial charge in [-0.15, -0.1) is 23.2 Å². The molecule has 3 aromatic carbocycles. The molecule has 0 aliphatic rings. The number of hydrogen-bond acceptors (Lipinski definition) is 5.